The summed E-state index contributed by atoms with van der Waals surface area (Å²) in [6.07, 6.45) is 6.43. The average molecular weight is 317 g/mol. The van der Waals surface area contributed by atoms with E-state index in [4.69, 9.17) is 9.47 Å². The van der Waals surface area contributed by atoms with Crippen LogP contribution in [0.15, 0.2) is 24.3 Å². The molecule has 124 valence electrons. The first-order chi connectivity index (χ1) is 11.2. The van der Waals surface area contributed by atoms with Crippen molar-refractivity contribution in [2.75, 3.05) is 24.7 Å². The van der Waals surface area contributed by atoms with Gasteiger partial charge in [0.2, 0.25) is 0 Å². The highest BCUT2D eigenvalue weighted by Gasteiger charge is 2.23. The zero-order chi connectivity index (χ0) is 16.1. The Bertz CT molecular complexity index is 566. The third-order valence-corrected chi connectivity index (χ3v) is 4.51. The first-order valence-corrected chi connectivity index (χ1v) is 8.39. The second-order valence-corrected chi connectivity index (χ2v) is 6.16. The number of amides is 1. The predicted molar refractivity (Wildman–Crippen MR) is 86.3 cm³/mol. The van der Waals surface area contributed by atoms with Gasteiger partial charge in [-0.1, -0.05) is 31.0 Å². The number of rotatable bonds is 5. The fourth-order valence-corrected chi connectivity index (χ4v) is 3.30. The summed E-state index contributed by atoms with van der Waals surface area (Å²) in [5.74, 6) is -0.637. The quantitative estimate of drug-likeness (QED) is 0.783. The van der Waals surface area contributed by atoms with Gasteiger partial charge in [-0.05, 0) is 37.3 Å². The van der Waals surface area contributed by atoms with Crippen LogP contribution in [0, 0.1) is 0 Å². The molecule has 5 heteroatoms. The Labute approximate surface area is 136 Å². The monoisotopic (exact) mass is 317 g/mol. The number of carbonyl (C=O) groups excluding carboxylic acids is 2. The van der Waals surface area contributed by atoms with E-state index in [1.54, 1.807) is 4.90 Å². The molecule has 0 atom stereocenters. The highest BCUT2D eigenvalue weighted by atomic mass is 16.6. The van der Waals surface area contributed by atoms with Gasteiger partial charge >= 0.3 is 5.97 Å². The number of hydrogen-bond donors (Lipinski definition) is 0. The molecule has 1 heterocycles. The molecule has 1 aliphatic carbocycles. The summed E-state index contributed by atoms with van der Waals surface area (Å²) < 4.78 is 10.6. The van der Waals surface area contributed by atoms with E-state index < -0.39 is 5.97 Å². The molecule has 23 heavy (non-hydrogen) atoms. The second kappa shape index (κ2) is 7.59. The zero-order valence-corrected chi connectivity index (χ0v) is 13.3. The van der Waals surface area contributed by atoms with E-state index in [1.807, 2.05) is 24.3 Å². The van der Waals surface area contributed by atoms with Crippen molar-refractivity contribution in [2.45, 2.75) is 44.6 Å². The molecule has 1 aromatic carbocycles. The first-order valence-electron chi connectivity index (χ1n) is 8.39. The van der Waals surface area contributed by atoms with Gasteiger partial charge in [0.25, 0.3) is 5.91 Å². The van der Waals surface area contributed by atoms with Crippen LogP contribution in [-0.4, -0.2) is 37.7 Å². The molecule has 1 aliphatic heterocycles. The van der Waals surface area contributed by atoms with Gasteiger partial charge < -0.3 is 14.4 Å². The van der Waals surface area contributed by atoms with Crippen LogP contribution >= 0.6 is 0 Å². The Balaban J connectivity index is 1.47. The number of carbonyl (C=O) groups is 2. The molecule has 0 N–H and O–H groups in total. The van der Waals surface area contributed by atoms with Crippen molar-refractivity contribution < 1.29 is 19.1 Å². The second-order valence-electron chi connectivity index (χ2n) is 6.16. The van der Waals surface area contributed by atoms with Gasteiger partial charge in [-0.15, -0.1) is 0 Å². The SMILES string of the molecule is O=C(COC1CCCC1)OCC(=O)N1CCCc2ccccc21. The van der Waals surface area contributed by atoms with Gasteiger partial charge in [0, 0.05) is 12.2 Å². The van der Waals surface area contributed by atoms with Crippen molar-refractivity contribution in [3.05, 3.63) is 29.8 Å². The molecular formula is C18H23NO4. The van der Waals surface area contributed by atoms with Gasteiger partial charge in [-0.2, -0.15) is 0 Å². The van der Waals surface area contributed by atoms with Crippen molar-refractivity contribution >= 4 is 17.6 Å². The summed E-state index contributed by atoms with van der Waals surface area (Å²) in [7, 11) is 0. The summed E-state index contributed by atoms with van der Waals surface area (Å²) >= 11 is 0. The molecule has 0 unspecified atom stereocenters. The van der Waals surface area contributed by atoms with Crippen molar-refractivity contribution in [1.29, 1.82) is 0 Å². The lowest BCUT2D eigenvalue weighted by molar-refractivity contribution is -0.154. The third kappa shape index (κ3) is 4.10. The maximum Gasteiger partial charge on any atom is 0.332 e. The van der Waals surface area contributed by atoms with E-state index in [-0.39, 0.29) is 25.2 Å². The number of benzene rings is 1. The third-order valence-electron chi connectivity index (χ3n) is 4.51. The number of fused-ring (bicyclic) bond motifs is 1. The number of aryl methyl sites for hydroxylation is 1. The topological polar surface area (TPSA) is 55.8 Å². The van der Waals surface area contributed by atoms with Crippen LogP contribution in [0.3, 0.4) is 0 Å². The highest BCUT2D eigenvalue weighted by molar-refractivity contribution is 5.96. The first kappa shape index (κ1) is 16.0. The van der Waals surface area contributed by atoms with Gasteiger partial charge in [-0.3, -0.25) is 4.79 Å². The van der Waals surface area contributed by atoms with Crippen LogP contribution in [0.5, 0.6) is 0 Å². The molecule has 2 aliphatic rings. The summed E-state index contributed by atoms with van der Waals surface area (Å²) in [4.78, 5) is 25.8. The Morgan fingerprint density at radius 1 is 1.09 bits per heavy atom. The lowest BCUT2D eigenvalue weighted by Gasteiger charge is -2.29. The molecule has 0 spiro atoms. The molecule has 0 radical (unpaired) electrons. The van der Waals surface area contributed by atoms with Gasteiger partial charge in [-0.25, -0.2) is 4.79 Å². The van der Waals surface area contributed by atoms with Crippen LogP contribution in [0.25, 0.3) is 0 Å². The number of para-hydroxylation sites is 1. The molecule has 0 aromatic heterocycles. The van der Waals surface area contributed by atoms with E-state index in [1.165, 1.54) is 5.56 Å². The van der Waals surface area contributed by atoms with E-state index in [9.17, 15) is 9.59 Å². The number of esters is 1. The van der Waals surface area contributed by atoms with E-state index >= 15 is 0 Å². The van der Waals surface area contributed by atoms with Gasteiger partial charge in [0.1, 0.15) is 6.61 Å². The van der Waals surface area contributed by atoms with Crippen molar-refractivity contribution in [3.8, 4) is 0 Å². The van der Waals surface area contributed by atoms with E-state index in [0.717, 1.165) is 44.2 Å². The normalized spacial score (nSPS) is 17.8. The summed E-state index contributed by atoms with van der Waals surface area (Å²) in [6.45, 7) is 0.391. The van der Waals surface area contributed by atoms with Crippen LogP contribution in [-0.2, 0) is 25.5 Å². The minimum absolute atomic E-state index is 0.0610. The molecule has 1 aromatic rings. The Morgan fingerprint density at radius 2 is 1.87 bits per heavy atom. The summed E-state index contributed by atoms with van der Waals surface area (Å²) in [5, 5.41) is 0. The zero-order valence-electron chi connectivity index (χ0n) is 13.3. The maximum absolute atomic E-state index is 12.3. The molecule has 5 nitrogen and oxygen atoms in total. The Morgan fingerprint density at radius 3 is 2.70 bits per heavy atom. The minimum Gasteiger partial charge on any atom is -0.454 e. The molecule has 1 amide bonds. The molecule has 0 saturated heterocycles. The summed E-state index contributed by atoms with van der Waals surface area (Å²) in [6, 6.07) is 7.88. The Hall–Kier alpha value is -1.88. The van der Waals surface area contributed by atoms with Gasteiger partial charge in [0.05, 0.1) is 6.10 Å². The minimum atomic E-state index is -0.462. The largest absolute Gasteiger partial charge is 0.454 e. The van der Waals surface area contributed by atoms with Gasteiger partial charge in [0.15, 0.2) is 6.61 Å². The predicted octanol–water partition coefficient (Wildman–Crippen LogP) is 2.47. The number of anilines is 1. The Kier molecular flexibility index (Phi) is 5.28. The molecule has 3 rings (SSSR count). The number of ether oxygens (including phenoxy) is 2. The van der Waals surface area contributed by atoms with Crippen LogP contribution < -0.4 is 4.90 Å². The lowest BCUT2D eigenvalue weighted by Crippen LogP contribution is -2.38. The van der Waals surface area contributed by atoms with Crippen molar-refractivity contribution in [2.24, 2.45) is 0 Å². The number of nitrogens with zero attached hydrogens (tertiary/aromatic N) is 1. The molecule has 1 fully saturated rings. The maximum atomic E-state index is 12.3. The summed E-state index contributed by atoms with van der Waals surface area (Å²) in [5.41, 5.74) is 2.10. The fourth-order valence-electron chi connectivity index (χ4n) is 3.30. The van der Waals surface area contributed by atoms with Crippen molar-refractivity contribution in [3.63, 3.8) is 0 Å². The smallest absolute Gasteiger partial charge is 0.332 e. The molecule has 1 saturated carbocycles. The molecular weight excluding hydrogens is 294 g/mol. The fraction of sp³-hybridized carbons (Fsp3) is 0.556. The van der Waals surface area contributed by atoms with Crippen LogP contribution in [0.1, 0.15) is 37.7 Å². The highest BCUT2D eigenvalue weighted by Crippen LogP contribution is 2.26. The molecule has 0 bridgehead atoms. The van der Waals surface area contributed by atoms with E-state index in [2.05, 4.69) is 0 Å². The number of hydrogen-bond acceptors (Lipinski definition) is 4. The van der Waals surface area contributed by atoms with Crippen LogP contribution in [0.4, 0.5) is 5.69 Å². The van der Waals surface area contributed by atoms with Crippen LogP contribution in [0.2, 0.25) is 0 Å². The lowest BCUT2D eigenvalue weighted by atomic mass is 10.0. The van der Waals surface area contributed by atoms with E-state index in [0.29, 0.717) is 6.54 Å². The standard InChI is InChI=1S/C18H23NO4/c20-17(12-23-18(21)13-22-15-8-2-3-9-15)19-11-5-7-14-6-1-4-10-16(14)19/h1,4,6,10,15H,2-3,5,7-9,11-13H2. The average Bonchev–Trinajstić information content (AvgIpc) is 3.11. The van der Waals surface area contributed by atoms with Crippen molar-refractivity contribution in [1.82, 2.24) is 0 Å².